The van der Waals surface area contributed by atoms with E-state index in [4.69, 9.17) is 0 Å². The van der Waals surface area contributed by atoms with Crippen LogP contribution in [0.2, 0.25) is 0 Å². The Labute approximate surface area is 108 Å². The van der Waals surface area contributed by atoms with Crippen LogP contribution in [-0.2, 0) is 11.3 Å². The first-order valence-electron chi connectivity index (χ1n) is 6.20. The molecule has 0 aliphatic carbocycles. The van der Waals surface area contributed by atoms with Crippen molar-refractivity contribution in [3.8, 4) is 0 Å². The van der Waals surface area contributed by atoms with Gasteiger partial charge in [-0.3, -0.25) is 14.7 Å². The standard InChI is InChI=1S/C13H20N4O/c1-13(2)12(18)16-6-7-17(13)9-11-8-10(14-3)4-5-15-11/h4-5,8H,6-7,9H2,1-3H3,(H,14,15)(H,16,18). The summed E-state index contributed by atoms with van der Waals surface area (Å²) >= 11 is 0. The first-order chi connectivity index (χ1) is 8.54. The lowest BCUT2D eigenvalue weighted by molar-refractivity contribution is -0.135. The summed E-state index contributed by atoms with van der Waals surface area (Å²) in [6.45, 7) is 6.14. The van der Waals surface area contributed by atoms with Crippen molar-refractivity contribution in [3.05, 3.63) is 24.0 Å². The normalized spacial score (nSPS) is 19.4. The number of aromatic nitrogens is 1. The fourth-order valence-corrected chi connectivity index (χ4v) is 2.14. The number of piperazine rings is 1. The predicted octanol–water partition coefficient (Wildman–Crippen LogP) is 0.834. The van der Waals surface area contributed by atoms with Crippen molar-refractivity contribution < 1.29 is 4.79 Å². The lowest BCUT2D eigenvalue weighted by atomic mass is 9.98. The van der Waals surface area contributed by atoms with E-state index in [1.807, 2.05) is 33.0 Å². The van der Waals surface area contributed by atoms with Gasteiger partial charge in [0, 0.05) is 38.6 Å². The van der Waals surface area contributed by atoms with Crippen LogP contribution in [-0.4, -0.2) is 41.5 Å². The number of carbonyl (C=O) groups excluding carboxylic acids is 1. The Kier molecular flexibility index (Phi) is 3.52. The van der Waals surface area contributed by atoms with E-state index in [9.17, 15) is 4.79 Å². The molecule has 1 aromatic heterocycles. The third-order valence-corrected chi connectivity index (χ3v) is 3.47. The van der Waals surface area contributed by atoms with Crippen molar-refractivity contribution in [2.24, 2.45) is 0 Å². The number of carbonyl (C=O) groups is 1. The number of nitrogens with zero attached hydrogens (tertiary/aromatic N) is 2. The Morgan fingerprint density at radius 3 is 3.06 bits per heavy atom. The van der Waals surface area contributed by atoms with E-state index in [2.05, 4.69) is 20.5 Å². The van der Waals surface area contributed by atoms with Crippen molar-refractivity contribution in [2.75, 3.05) is 25.5 Å². The maximum Gasteiger partial charge on any atom is 0.240 e. The van der Waals surface area contributed by atoms with Gasteiger partial charge in [0.15, 0.2) is 0 Å². The van der Waals surface area contributed by atoms with Crippen LogP contribution in [0.15, 0.2) is 18.3 Å². The second-order valence-electron chi connectivity index (χ2n) is 5.02. The summed E-state index contributed by atoms with van der Waals surface area (Å²) in [5, 5.41) is 5.99. The molecule has 1 fully saturated rings. The Morgan fingerprint density at radius 1 is 1.56 bits per heavy atom. The van der Waals surface area contributed by atoms with Crippen molar-refractivity contribution in [3.63, 3.8) is 0 Å². The van der Waals surface area contributed by atoms with Crippen molar-refractivity contribution in [1.82, 2.24) is 15.2 Å². The minimum absolute atomic E-state index is 0.0820. The summed E-state index contributed by atoms with van der Waals surface area (Å²) in [4.78, 5) is 18.4. The highest BCUT2D eigenvalue weighted by Crippen LogP contribution is 2.20. The second kappa shape index (κ2) is 4.94. The maximum absolute atomic E-state index is 11.9. The zero-order chi connectivity index (χ0) is 13.2. The van der Waals surface area contributed by atoms with Gasteiger partial charge in [0.2, 0.25) is 5.91 Å². The molecule has 0 atom stereocenters. The van der Waals surface area contributed by atoms with Gasteiger partial charge in [-0.05, 0) is 26.0 Å². The van der Waals surface area contributed by atoms with Gasteiger partial charge in [-0.25, -0.2) is 0 Å². The van der Waals surface area contributed by atoms with Gasteiger partial charge in [0.05, 0.1) is 11.2 Å². The second-order valence-corrected chi connectivity index (χ2v) is 5.02. The van der Waals surface area contributed by atoms with Gasteiger partial charge in [-0.15, -0.1) is 0 Å². The topological polar surface area (TPSA) is 57.3 Å². The molecule has 18 heavy (non-hydrogen) atoms. The molecule has 5 heteroatoms. The van der Waals surface area contributed by atoms with Crippen molar-refractivity contribution in [2.45, 2.75) is 25.9 Å². The van der Waals surface area contributed by atoms with Gasteiger partial charge in [0.25, 0.3) is 0 Å². The lowest BCUT2D eigenvalue weighted by Gasteiger charge is -2.40. The highest BCUT2D eigenvalue weighted by atomic mass is 16.2. The van der Waals surface area contributed by atoms with Crippen LogP contribution in [0, 0.1) is 0 Å². The molecule has 2 N–H and O–H groups in total. The lowest BCUT2D eigenvalue weighted by Crippen LogP contribution is -2.61. The summed E-state index contributed by atoms with van der Waals surface area (Å²) in [6.07, 6.45) is 1.79. The highest BCUT2D eigenvalue weighted by Gasteiger charge is 2.37. The number of amides is 1. The molecule has 0 aromatic carbocycles. The first-order valence-corrected chi connectivity index (χ1v) is 6.20. The van der Waals surface area contributed by atoms with Crippen LogP contribution >= 0.6 is 0 Å². The summed E-state index contributed by atoms with van der Waals surface area (Å²) < 4.78 is 0. The number of hydrogen-bond acceptors (Lipinski definition) is 4. The van der Waals surface area contributed by atoms with Crippen molar-refractivity contribution >= 4 is 11.6 Å². The Morgan fingerprint density at radius 2 is 2.33 bits per heavy atom. The molecule has 0 saturated carbocycles. The summed E-state index contributed by atoms with van der Waals surface area (Å²) in [5.41, 5.74) is 1.54. The molecule has 2 rings (SSSR count). The van der Waals surface area contributed by atoms with Crippen molar-refractivity contribution in [1.29, 1.82) is 0 Å². The molecule has 1 aromatic rings. The SMILES string of the molecule is CNc1ccnc(CN2CCNC(=O)C2(C)C)c1. The molecule has 0 spiro atoms. The number of nitrogens with one attached hydrogen (secondary N) is 2. The van der Waals surface area contributed by atoms with E-state index in [0.717, 1.165) is 17.9 Å². The molecular formula is C13H20N4O. The first kappa shape index (κ1) is 12.8. The fraction of sp³-hybridized carbons (Fsp3) is 0.538. The molecule has 1 amide bonds. The molecule has 2 heterocycles. The largest absolute Gasteiger partial charge is 0.388 e. The quantitative estimate of drug-likeness (QED) is 0.832. The van der Waals surface area contributed by atoms with Gasteiger partial charge >= 0.3 is 0 Å². The molecule has 0 bridgehead atoms. The number of rotatable bonds is 3. The van der Waals surface area contributed by atoms with E-state index in [1.165, 1.54) is 0 Å². The Hall–Kier alpha value is -1.62. The van der Waals surface area contributed by atoms with Crippen LogP contribution in [0.4, 0.5) is 5.69 Å². The van der Waals surface area contributed by atoms with E-state index < -0.39 is 5.54 Å². The molecule has 0 unspecified atom stereocenters. The molecule has 1 saturated heterocycles. The van der Waals surface area contributed by atoms with Crippen LogP contribution in [0.5, 0.6) is 0 Å². The predicted molar refractivity (Wildman–Crippen MR) is 71.3 cm³/mol. The summed E-state index contributed by atoms with van der Waals surface area (Å²) in [5.74, 6) is 0.0820. The average molecular weight is 248 g/mol. The zero-order valence-corrected chi connectivity index (χ0v) is 11.2. The summed E-state index contributed by atoms with van der Waals surface area (Å²) in [6, 6.07) is 3.94. The maximum atomic E-state index is 11.9. The van der Waals surface area contributed by atoms with E-state index in [0.29, 0.717) is 13.1 Å². The van der Waals surface area contributed by atoms with Gasteiger partial charge in [0.1, 0.15) is 0 Å². The Bertz CT molecular complexity index is 444. The van der Waals surface area contributed by atoms with Gasteiger partial charge in [-0.1, -0.05) is 0 Å². The van der Waals surface area contributed by atoms with E-state index in [1.54, 1.807) is 6.20 Å². The Balaban J connectivity index is 2.14. The van der Waals surface area contributed by atoms with Crippen LogP contribution < -0.4 is 10.6 Å². The van der Waals surface area contributed by atoms with Crippen LogP contribution in [0.1, 0.15) is 19.5 Å². The van der Waals surface area contributed by atoms with Gasteiger partial charge < -0.3 is 10.6 Å². The third kappa shape index (κ3) is 2.46. The van der Waals surface area contributed by atoms with Crippen LogP contribution in [0.25, 0.3) is 0 Å². The van der Waals surface area contributed by atoms with E-state index >= 15 is 0 Å². The fourth-order valence-electron chi connectivity index (χ4n) is 2.14. The molecule has 5 nitrogen and oxygen atoms in total. The smallest absolute Gasteiger partial charge is 0.240 e. The number of pyridine rings is 1. The number of anilines is 1. The van der Waals surface area contributed by atoms with Gasteiger partial charge in [-0.2, -0.15) is 0 Å². The molecule has 1 aliphatic heterocycles. The molecule has 98 valence electrons. The highest BCUT2D eigenvalue weighted by molar-refractivity contribution is 5.86. The molecular weight excluding hydrogens is 228 g/mol. The number of hydrogen-bond donors (Lipinski definition) is 2. The monoisotopic (exact) mass is 248 g/mol. The zero-order valence-electron chi connectivity index (χ0n) is 11.2. The minimum Gasteiger partial charge on any atom is -0.388 e. The van der Waals surface area contributed by atoms with Crippen LogP contribution in [0.3, 0.4) is 0 Å². The van der Waals surface area contributed by atoms with E-state index in [-0.39, 0.29) is 5.91 Å². The molecule has 1 aliphatic rings. The minimum atomic E-state index is -0.477. The molecule has 0 radical (unpaired) electrons. The average Bonchev–Trinajstić information content (AvgIpc) is 2.36. The summed E-state index contributed by atoms with van der Waals surface area (Å²) in [7, 11) is 1.89. The third-order valence-electron chi connectivity index (χ3n) is 3.47.